The summed E-state index contributed by atoms with van der Waals surface area (Å²) in [5.74, 6) is 0.689. The number of hydrogen-bond donors (Lipinski definition) is 1. The first-order chi connectivity index (χ1) is 17.4. The zero-order valence-corrected chi connectivity index (χ0v) is 20.1. The molecular weight excluding hydrogens is 422 g/mol. The summed E-state index contributed by atoms with van der Waals surface area (Å²) < 4.78 is 0. The molecule has 5 aromatic rings. The molecule has 0 spiro atoms. The van der Waals surface area contributed by atoms with E-state index in [0.29, 0.717) is 5.92 Å². The van der Waals surface area contributed by atoms with Gasteiger partial charge in [-0.15, -0.1) is 0 Å². The highest BCUT2D eigenvalue weighted by molar-refractivity contribution is 6.02. The van der Waals surface area contributed by atoms with Crippen molar-refractivity contribution in [2.75, 3.05) is 5.32 Å². The lowest BCUT2D eigenvalue weighted by Crippen LogP contribution is -2.05. The van der Waals surface area contributed by atoms with Gasteiger partial charge in [0.05, 0.1) is 0 Å². The lowest BCUT2D eigenvalue weighted by Gasteiger charge is -2.24. The molecule has 0 radical (unpaired) electrons. The fraction of sp³-hybridized carbons (Fsp3) is 0.176. The van der Waals surface area contributed by atoms with Crippen LogP contribution in [0.5, 0.6) is 0 Å². The van der Waals surface area contributed by atoms with E-state index >= 15 is 0 Å². The molecule has 0 amide bonds. The molecule has 1 heteroatoms. The molecule has 1 aliphatic rings. The summed E-state index contributed by atoms with van der Waals surface area (Å²) in [5, 5.41) is 6.54. The number of rotatable bonds is 5. The highest BCUT2D eigenvalue weighted by Gasteiger charge is 2.19. The summed E-state index contributed by atoms with van der Waals surface area (Å²) in [6.45, 7) is 0. The van der Waals surface area contributed by atoms with E-state index in [4.69, 9.17) is 0 Å². The fourth-order valence-corrected chi connectivity index (χ4v) is 5.76. The molecule has 1 aliphatic carbocycles. The molecule has 0 unspecified atom stereocenters. The standard InChI is InChI=1S/C34H31N/c1-3-13-25(14-4-1)27-23-24-31(30-19-8-7-18-29(27)30)32-20-10-12-22-34(32)35-33-21-11-9-17-28(33)26-15-5-2-6-16-26/h2,5-12,15-25,35H,1,3-4,13-14H2. The average Bonchev–Trinajstić information content (AvgIpc) is 2.94. The Labute approximate surface area is 208 Å². The second-order valence-electron chi connectivity index (χ2n) is 9.67. The van der Waals surface area contributed by atoms with Crippen LogP contribution in [0.3, 0.4) is 0 Å². The minimum atomic E-state index is 0.689. The minimum absolute atomic E-state index is 0.689. The summed E-state index contributed by atoms with van der Waals surface area (Å²) in [6, 6.07) is 41.6. The van der Waals surface area contributed by atoms with E-state index in [1.807, 2.05) is 0 Å². The highest BCUT2D eigenvalue weighted by atomic mass is 14.9. The number of para-hydroxylation sites is 2. The number of benzene rings is 5. The highest BCUT2D eigenvalue weighted by Crippen LogP contribution is 2.42. The van der Waals surface area contributed by atoms with Crippen LogP contribution in [0.25, 0.3) is 33.0 Å². The van der Waals surface area contributed by atoms with Crippen molar-refractivity contribution in [3.63, 3.8) is 0 Å². The van der Waals surface area contributed by atoms with Crippen LogP contribution in [0, 0.1) is 0 Å². The molecule has 172 valence electrons. The largest absolute Gasteiger partial charge is 0.355 e. The van der Waals surface area contributed by atoms with Crippen LogP contribution in [0.15, 0.2) is 115 Å². The van der Waals surface area contributed by atoms with Gasteiger partial charge in [-0.05, 0) is 58.4 Å². The molecule has 1 nitrogen and oxygen atoms in total. The Morgan fingerprint density at radius 1 is 0.457 bits per heavy atom. The van der Waals surface area contributed by atoms with Crippen molar-refractivity contribution in [3.05, 3.63) is 121 Å². The Kier molecular flexibility index (Phi) is 6.07. The normalized spacial score (nSPS) is 14.2. The van der Waals surface area contributed by atoms with Gasteiger partial charge < -0.3 is 5.32 Å². The Morgan fingerprint density at radius 3 is 1.83 bits per heavy atom. The maximum atomic E-state index is 3.78. The SMILES string of the molecule is c1ccc(-c2ccccc2Nc2ccccc2-c2ccc(C3CCCCC3)c3ccccc23)cc1. The van der Waals surface area contributed by atoms with Crippen molar-refractivity contribution in [2.24, 2.45) is 0 Å². The van der Waals surface area contributed by atoms with Gasteiger partial charge in [0.2, 0.25) is 0 Å². The molecule has 5 aromatic carbocycles. The molecule has 0 atom stereocenters. The Hall–Kier alpha value is -3.84. The Balaban J connectivity index is 1.44. The smallest absolute Gasteiger partial charge is 0.0464 e. The van der Waals surface area contributed by atoms with E-state index in [0.717, 1.165) is 11.4 Å². The Bertz CT molecular complexity index is 1440. The van der Waals surface area contributed by atoms with E-state index in [2.05, 4.69) is 121 Å². The quantitative estimate of drug-likeness (QED) is 0.279. The third kappa shape index (κ3) is 4.35. The number of fused-ring (bicyclic) bond motifs is 1. The van der Waals surface area contributed by atoms with Crippen molar-refractivity contribution < 1.29 is 0 Å². The van der Waals surface area contributed by atoms with Crippen LogP contribution >= 0.6 is 0 Å². The first-order valence-corrected chi connectivity index (χ1v) is 12.9. The van der Waals surface area contributed by atoms with E-state index < -0.39 is 0 Å². The maximum Gasteiger partial charge on any atom is 0.0464 e. The van der Waals surface area contributed by atoms with Crippen molar-refractivity contribution in [1.29, 1.82) is 0 Å². The molecule has 1 saturated carbocycles. The maximum absolute atomic E-state index is 3.78. The van der Waals surface area contributed by atoms with Gasteiger partial charge >= 0.3 is 0 Å². The van der Waals surface area contributed by atoms with Crippen LogP contribution in [0.4, 0.5) is 11.4 Å². The summed E-state index contributed by atoms with van der Waals surface area (Å²) in [4.78, 5) is 0. The molecule has 0 aromatic heterocycles. The third-order valence-electron chi connectivity index (χ3n) is 7.50. The number of hydrogen-bond acceptors (Lipinski definition) is 1. The van der Waals surface area contributed by atoms with Gasteiger partial charge in [-0.25, -0.2) is 0 Å². The minimum Gasteiger partial charge on any atom is -0.355 e. The molecule has 0 aliphatic heterocycles. The molecular formula is C34H31N. The summed E-state index contributed by atoms with van der Waals surface area (Å²) in [7, 11) is 0. The van der Waals surface area contributed by atoms with E-state index in [1.165, 1.54) is 70.7 Å². The van der Waals surface area contributed by atoms with Gasteiger partial charge in [-0.2, -0.15) is 0 Å². The topological polar surface area (TPSA) is 12.0 Å². The lowest BCUT2D eigenvalue weighted by molar-refractivity contribution is 0.445. The second kappa shape index (κ2) is 9.80. The molecule has 0 heterocycles. The van der Waals surface area contributed by atoms with Crippen molar-refractivity contribution in [2.45, 2.75) is 38.0 Å². The summed E-state index contributed by atoms with van der Waals surface area (Å²) >= 11 is 0. The van der Waals surface area contributed by atoms with Gasteiger partial charge in [0.15, 0.2) is 0 Å². The number of anilines is 2. The van der Waals surface area contributed by atoms with Gasteiger partial charge in [0, 0.05) is 22.5 Å². The fourth-order valence-electron chi connectivity index (χ4n) is 5.76. The first-order valence-electron chi connectivity index (χ1n) is 12.9. The second-order valence-corrected chi connectivity index (χ2v) is 9.67. The van der Waals surface area contributed by atoms with E-state index in [-0.39, 0.29) is 0 Å². The van der Waals surface area contributed by atoms with Gasteiger partial charge in [-0.1, -0.05) is 122 Å². The zero-order chi connectivity index (χ0) is 23.5. The van der Waals surface area contributed by atoms with E-state index in [9.17, 15) is 0 Å². The monoisotopic (exact) mass is 453 g/mol. The lowest BCUT2D eigenvalue weighted by atomic mass is 9.81. The van der Waals surface area contributed by atoms with Gasteiger partial charge in [0.1, 0.15) is 0 Å². The molecule has 6 rings (SSSR count). The van der Waals surface area contributed by atoms with Crippen molar-refractivity contribution in [1.82, 2.24) is 0 Å². The average molecular weight is 454 g/mol. The number of nitrogens with one attached hydrogen (secondary N) is 1. The summed E-state index contributed by atoms with van der Waals surface area (Å²) in [5.41, 5.74) is 8.74. The third-order valence-corrected chi connectivity index (χ3v) is 7.50. The van der Waals surface area contributed by atoms with Gasteiger partial charge in [-0.3, -0.25) is 0 Å². The Morgan fingerprint density at radius 2 is 1.06 bits per heavy atom. The van der Waals surface area contributed by atoms with Crippen LogP contribution in [0.2, 0.25) is 0 Å². The van der Waals surface area contributed by atoms with Crippen LogP contribution < -0.4 is 5.32 Å². The first kappa shape index (κ1) is 21.7. The van der Waals surface area contributed by atoms with Crippen LogP contribution in [-0.4, -0.2) is 0 Å². The van der Waals surface area contributed by atoms with Crippen molar-refractivity contribution >= 4 is 22.1 Å². The van der Waals surface area contributed by atoms with E-state index in [1.54, 1.807) is 0 Å². The van der Waals surface area contributed by atoms with Crippen molar-refractivity contribution in [3.8, 4) is 22.3 Å². The molecule has 35 heavy (non-hydrogen) atoms. The molecule has 0 bridgehead atoms. The predicted octanol–water partition coefficient (Wildman–Crippen LogP) is 9.97. The molecule has 1 fully saturated rings. The predicted molar refractivity (Wildman–Crippen MR) is 150 cm³/mol. The summed E-state index contributed by atoms with van der Waals surface area (Å²) in [6.07, 6.45) is 6.73. The molecule has 1 N–H and O–H groups in total. The van der Waals surface area contributed by atoms with Crippen LogP contribution in [0.1, 0.15) is 43.6 Å². The zero-order valence-electron chi connectivity index (χ0n) is 20.1. The van der Waals surface area contributed by atoms with Gasteiger partial charge in [0.25, 0.3) is 0 Å². The van der Waals surface area contributed by atoms with Crippen LogP contribution in [-0.2, 0) is 0 Å². The molecule has 0 saturated heterocycles.